The van der Waals surface area contributed by atoms with E-state index in [9.17, 15) is 4.79 Å². The quantitative estimate of drug-likeness (QED) is 0.633. The van der Waals surface area contributed by atoms with Gasteiger partial charge in [0.1, 0.15) is 0 Å². The molecule has 0 aliphatic heterocycles. The van der Waals surface area contributed by atoms with E-state index in [1.165, 1.54) is 23.5 Å². The van der Waals surface area contributed by atoms with E-state index in [0.717, 1.165) is 3.79 Å². The van der Waals surface area contributed by atoms with Crippen molar-refractivity contribution in [3.05, 3.63) is 48.5 Å². The van der Waals surface area contributed by atoms with Crippen molar-refractivity contribution in [2.75, 3.05) is 5.73 Å². The molecule has 6 heteroatoms. The fourth-order valence-electron chi connectivity index (χ4n) is 1.34. The number of ketones is 1. The van der Waals surface area contributed by atoms with Crippen LogP contribution in [0, 0.1) is 0 Å². The highest BCUT2D eigenvalue weighted by atomic mass is 79.9. The molecule has 1 heterocycles. The summed E-state index contributed by atoms with van der Waals surface area (Å²) in [6.07, 6.45) is 0. The van der Waals surface area contributed by atoms with E-state index < -0.39 is 0 Å². The molecule has 0 saturated carbocycles. The fraction of sp³-hybridized carbons (Fsp3) is 0. The molecule has 0 amide bonds. The maximum Gasteiger partial charge on any atom is 0.204 e. The number of hydrogen-bond donors (Lipinski definition) is 1. The van der Waals surface area contributed by atoms with Gasteiger partial charge >= 0.3 is 0 Å². The number of anilines is 1. The topological polar surface area (TPSA) is 43.1 Å². The number of hydrogen-bond acceptors (Lipinski definition) is 3. The van der Waals surface area contributed by atoms with E-state index in [0.29, 0.717) is 16.1 Å². The largest absolute Gasteiger partial charge is 0.399 e. The highest BCUT2D eigenvalue weighted by molar-refractivity contribution is 9.11. The maximum absolute atomic E-state index is 12.2. The zero-order valence-corrected chi connectivity index (χ0v) is 12.3. The number of carbonyl (C=O) groups is 1. The van der Waals surface area contributed by atoms with Gasteiger partial charge in [-0.25, -0.2) is 0 Å². The summed E-state index contributed by atoms with van der Waals surface area (Å²) in [6, 6.07) is 6.58. The second-order valence-corrected chi connectivity index (χ2v) is 6.55. The summed E-state index contributed by atoms with van der Waals surface area (Å²) >= 11 is 16.5. The first kappa shape index (κ1) is 12.9. The molecular weight excluding hydrogens is 345 g/mol. The Morgan fingerprint density at radius 3 is 2.59 bits per heavy atom. The lowest BCUT2D eigenvalue weighted by Crippen LogP contribution is -2.01. The summed E-state index contributed by atoms with van der Waals surface area (Å²) in [5.41, 5.74) is 6.39. The number of halogens is 3. The van der Waals surface area contributed by atoms with Gasteiger partial charge in [-0.1, -0.05) is 23.2 Å². The summed E-state index contributed by atoms with van der Waals surface area (Å²) in [5, 5.41) is 0.515. The molecule has 1 aromatic carbocycles. The molecule has 0 unspecified atom stereocenters. The van der Waals surface area contributed by atoms with Gasteiger partial charge in [0.2, 0.25) is 5.78 Å². The van der Waals surface area contributed by atoms with Crippen LogP contribution in [0.25, 0.3) is 0 Å². The van der Waals surface area contributed by atoms with Crippen molar-refractivity contribution in [2.45, 2.75) is 0 Å². The molecule has 0 aliphatic rings. The van der Waals surface area contributed by atoms with Gasteiger partial charge in [0.15, 0.2) is 0 Å². The highest BCUT2D eigenvalue weighted by Crippen LogP contribution is 2.32. The predicted octanol–water partition coefficient (Wildman–Crippen LogP) is 4.63. The van der Waals surface area contributed by atoms with Gasteiger partial charge in [0.05, 0.1) is 18.7 Å². The van der Waals surface area contributed by atoms with Crippen LogP contribution in [0.1, 0.15) is 15.2 Å². The number of nitrogens with two attached hydrogens (primary N) is 1. The third kappa shape index (κ3) is 2.65. The minimum absolute atomic E-state index is 0.181. The van der Waals surface area contributed by atoms with Crippen LogP contribution in [0.15, 0.2) is 28.1 Å². The van der Waals surface area contributed by atoms with Crippen LogP contribution in [-0.2, 0) is 0 Å². The molecule has 2 rings (SSSR count). The van der Waals surface area contributed by atoms with Crippen molar-refractivity contribution in [1.29, 1.82) is 0 Å². The molecule has 2 nitrogen and oxygen atoms in total. The molecule has 17 heavy (non-hydrogen) atoms. The monoisotopic (exact) mass is 349 g/mol. The molecule has 1 aromatic heterocycles. The molecule has 0 radical (unpaired) electrons. The summed E-state index contributed by atoms with van der Waals surface area (Å²) in [7, 11) is 0. The van der Waals surface area contributed by atoms with Gasteiger partial charge < -0.3 is 5.73 Å². The van der Waals surface area contributed by atoms with E-state index in [1.54, 1.807) is 12.1 Å². The minimum Gasteiger partial charge on any atom is -0.399 e. The Kier molecular flexibility index (Phi) is 3.78. The minimum atomic E-state index is -0.181. The van der Waals surface area contributed by atoms with Crippen molar-refractivity contribution >= 4 is 61.9 Å². The SMILES string of the molecule is Nc1cc(Cl)c(Cl)c(C(=O)c2ccc(Br)s2)c1. The smallest absolute Gasteiger partial charge is 0.204 e. The fourth-order valence-corrected chi connectivity index (χ4v) is 3.11. The summed E-state index contributed by atoms with van der Waals surface area (Å²) < 4.78 is 0.881. The summed E-state index contributed by atoms with van der Waals surface area (Å²) in [5.74, 6) is -0.181. The van der Waals surface area contributed by atoms with Crippen molar-refractivity contribution in [3.8, 4) is 0 Å². The normalized spacial score (nSPS) is 10.5. The predicted molar refractivity (Wildman–Crippen MR) is 76.3 cm³/mol. The van der Waals surface area contributed by atoms with Crippen molar-refractivity contribution in [3.63, 3.8) is 0 Å². The first-order valence-electron chi connectivity index (χ1n) is 4.53. The zero-order chi connectivity index (χ0) is 12.6. The van der Waals surface area contributed by atoms with Gasteiger partial charge in [0.25, 0.3) is 0 Å². The Balaban J connectivity index is 2.51. The zero-order valence-electron chi connectivity index (χ0n) is 8.34. The second kappa shape index (κ2) is 4.98. The Labute approximate surface area is 120 Å². The first-order valence-corrected chi connectivity index (χ1v) is 6.90. The Bertz CT molecular complexity index is 597. The molecule has 0 bridgehead atoms. The standard InChI is InChI=1S/C11H6BrCl2NOS/c12-9-2-1-8(17-9)11(16)6-3-5(15)4-7(13)10(6)14/h1-4H,15H2. The van der Waals surface area contributed by atoms with E-state index in [1.807, 2.05) is 0 Å². The molecular formula is C11H6BrCl2NOS. The van der Waals surface area contributed by atoms with Crippen molar-refractivity contribution in [2.24, 2.45) is 0 Å². The van der Waals surface area contributed by atoms with Crippen LogP contribution in [0.4, 0.5) is 5.69 Å². The van der Waals surface area contributed by atoms with Gasteiger partial charge in [-0.15, -0.1) is 11.3 Å². The van der Waals surface area contributed by atoms with Crippen molar-refractivity contribution < 1.29 is 4.79 Å². The lowest BCUT2D eigenvalue weighted by molar-refractivity contribution is 0.104. The Morgan fingerprint density at radius 1 is 1.29 bits per heavy atom. The molecule has 2 N–H and O–H groups in total. The average Bonchev–Trinajstić information content (AvgIpc) is 2.69. The van der Waals surface area contributed by atoms with Crippen LogP contribution < -0.4 is 5.73 Å². The van der Waals surface area contributed by atoms with E-state index in [4.69, 9.17) is 28.9 Å². The van der Waals surface area contributed by atoms with E-state index in [-0.39, 0.29) is 15.8 Å². The molecule has 0 aliphatic carbocycles. The van der Waals surface area contributed by atoms with Crippen molar-refractivity contribution in [1.82, 2.24) is 0 Å². The molecule has 0 spiro atoms. The van der Waals surface area contributed by atoms with Crippen LogP contribution in [0.5, 0.6) is 0 Å². The van der Waals surface area contributed by atoms with Crippen LogP contribution in [0.2, 0.25) is 10.0 Å². The average molecular weight is 351 g/mol. The lowest BCUT2D eigenvalue weighted by atomic mass is 10.1. The third-order valence-electron chi connectivity index (χ3n) is 2.09. The lowest BCUT2D eigenvalue weighted by Gasteiger charge is -2.05. The number of carbonyl (C=O) groups excluding carboxylic acids is 1. The summed E-state index contributed by atoms with van der Waals surface area (Å²) in [6.45, 7) is 0. The van der Waals surface area contributed by atoms with Gasteiger partial charge in [-0.05, 0) is 40.2 Å². The van der Waals surface area contributed by atoms with Crippen LogP contribution in [-0.4, -0.2) is 5.78 Å². The van der Waals surface area contributed by atoms with E-state index in [2.05, 4.69) is 15.9 Å². The van der Waals surface area contributed by atoms with Gasteiger partial charge in [0, 0.05) is 11.3 Å². The molecule has 0 atom stereocenters. The number of nitrogen functional groups attached to an aromatic ring is 1. The Morgan fingerprint density at radius 2 is 2.00 bits per heavy atom. The highest BCUT2D eigenvalue weighted by Gasteiger charge is 2.17. The molecule has 2 aromatic rings. The van der Waals surface area contributed by atoms with Crippen LogP contribution >= 0.6 is 50.5 Å². The maximum atomic E-state index is 12.2. The molecule has 0 saturated heterocycles. The van der Waals surface area contributed by atoms with Gasteiger partial charge in [-0.3, -0.25) is 4.79 Å². The first-order chi connectivity index (χ1) is 7.99. The number of rotatable bonds is 2. The van der Waals surface area contributed by atoms with E-state index >= 15 is 0 Å². The number of benzene rings is 1. The van der Waals surface area contributed by atoms with Crippen LogP contribution in [0.3, 0.4) is 0 Å². The second-order valence-electron chi connectivity index (χ2n) is 3.30. The molecule has 88 valence electrons. The third-order valence-corrected chi connectivity index (χ3v) is 4.52. The summed E-state index contributed by atoms with van der Waals surface area (Å²) in [4.78, 5) is 12.8. The molecule has 0 fully saturated rings. The number of thiophene rings is 1. The van der Waals surface area contributed by atoms with Gasteiger partial charge in [-0.2, -0.15) is 0 Å². The Hall–Kier alpha value is -0.550.